The number of hydrogen-bond donors (Lipinski definition) is 2. The zero-order valence-electron chi connectivity index (χ0n) is 4.46. The van der Waals surface area contributed by atoms with Crippen LogP contribution in [0.1, 0.15) is 5.69 Å². The van der Waals surface area contributed by atoms with Crippen LogP contribution in [0.4, 0.5) is 5.95 Å². The van der Waals surface area contributed by atoms with Crippen LogP contribution in [0.3, 0.4) is 0 Å². The molecule has 5 heteroatoms. The van der Waals surface area contributed by atoms with Gasteiger partial charge in [0.2, 0.25) is 0 Å². The lowest BCUT2D eigenvalue weighted by Crippen LogP contribution is -1.84. The number of hydrogen-bond acceptors (Lipinski definition) is 3. The van der Waals surface area contributed by atoms with Crippen molar-refractivity contribution in [2.45, 2.75) is 0 Å². The molecule has 0 spiro atoms. The van der Waals surface area contributed by atoms with Gasteiger partial charge in [-0.05, 0) is 0 Å². The van der Waals surface area contributed by atoms with Gasteiger partial charge in [-0.25, -0.2) is 4.98 Å². The number of H-pyrrole nitrogens is 1. The van der Waals surface area contributed by atoms with Gasteiger partial charge in [-0.3, -0.25) is 0 Å². The first-order chi connectivity index (χ1) is 3.83. The van der Waals surface area contributed by atoms with Crippen LogP contribution >= 0.6 is 12.4 Å². The summed E-state index contributed by atoms with van der Waals surface area (Å²) in [5.74, 6) is 0.279. The highest BCUT2D eigenvalue weighted by atomic mass is 35.5. The molecule has 0 aliphatic heterocycles. The van der Waals surface area contributed by atoms with E-state index in [1.807, 2.05) is 6.07 Å². The number of nitriles is 1. The molecule has 0 amide bonds. The number of nitrogens with two attached hydrogens (primary N) is 1. The minimum absolute atomic E-state index is 0. The average Bonchev–Trinajstić information content (AvgIpc) is 2.14. The maximum Gasteiger partial charge on any atom is 0.198 e. The largest absolute Gasteiger partial charge is 0.369 e. The summed E-state index contributed by atoms with van der Waals surface area (Å²) in [7, 11) is 0. The maximum atomic E-state index is 8.17. The minimum Gasteiger partial charge on any atom is -0.369 e. The molecule has 0 fully saturated rings. The predicted molar refractivity (Wildman–Crippen MR) is 35.0 cm³/mol. The fourth-order valence-electron chi connectivity index (χ4n) is 0.393. The summed E-state index contributed by atoms with van der Waals surface area (Å²) in [6, 6.07) is 1.85. The number of nitrogens with one attached hydrogen (secondary N) is 1. The summed E-state index contributed by atoms with van der Waals surface area (Å²) in [5.41, 5.74) is 5.53. The number of imidazole rings is 1. The number of aromatic amines is 1. The highest BCUT2D eigenvalue weighted by Crippen LogP contribution is 1.92. The molecule has 0 atom stereocenters. The zero-order valence-corrected chi connectivity index (χ0v) is 5.27. The Labute approximate surface area is 58.1 Å². The van der Waals surface area contributed by atoms with Crippen LogP contribution in [0.5, 0.6) is 0 Å². The fraction of sp³-hybridized carbons (Fsp3) is 0. The second-order valence-corrected chi connectivity index (χ2v) is 1.29. The van der Waals surface area contributed by atoms with Gasteiger partial charge in [-0.2, -0.15) is 5.26 Å². The van der Waals surface area contributed by atoms with Crippen LogP contribution in [-0.4, -0.2) is 9.97 Å². The van der Waals surface area contributed by atoms with Crippen LogP contribution < -0.4 is 5.73 Å². The van der Waals surface area contributed by atoms with Gasteiger partial charge < -0.3 is 10.7 Å². The number of nitrogens with zero attached hydrogens (tertiary/aromatic N) is 2. The first kappa shape index (κ1) is 7.79. The van der Waals surface area contributed by atoms with Gasteiger partial charge in [-0.1, -0.05) is 0 Å². The predicted octanol–water partition coefficient (Wildman–Crippen LogP) is 0.285. The maximum absolute atomic E-state index is 8.17. The van der Waals surface area contributed by atoms with Gasteiger partial charge in [0, 0.05) is 0 Å². The molecule has 4 nitrogen and oxygen atoms in total. The van der Waals surface area contributed by atoms with E-state index in [9.17, 15) is 0 Å². The van der Waals surface area contributed by atoms with Crippen molar-refractivity contribution < 1.29 is 0 Å². The van der Waals surface area contributed by atoms with Crippen LogP contribution in [0, 0.1) is 11.3 Å². The molecule has 9 heavy (non-hydrogen) atoms. The standard InChI is InChI=1S/C4H4N4.ClH/c5-1-3-2-7-4(6)8-3;/h2H,(H3,6,7,8);1H. The van der Waals surface area contributed by atoms with E-state index in [1.54, 1.807) is 0 Å². The molecule has 0 radical (unpaired) electrons. The minimum atomic E-state index is 0. The number of halogens is 1. The van der Waals surface area contributed by atoms with Gasteiger partial charge in [0.1, 0.15) is 11.8 Å². The highest BCUT2D eigenvalue weighted by Gasteiger charge is 1.90. The van der Waals surface area contributed by atoms with Gasteiger partial charge in [-0.15, -0.1) is 12.4 Å². The van der Waals surface area contributed by atoms with Gasteiger partial charge in [0.25, 0.3) is 0 Å². The second kappa shape index (κ2) is 2.95. The van der Waals surface area contributed by atoms with E-state index < -0.39 is 0 Å². The topological polar surface area (TPSA) is 78.5 Å². The van der Waals surface area contributed by atoms with E-state index >= 15 is 0 Å². The second-order valence-electron chi connectivity index (χ2n) is 1.29. The average molecular weight is 145 g/mol. The molecule has 48 valence electrons. The molecule has 0 unspecified atom stereocenters. The molecule has 0 saturated heterocycles. The van der Waals surface area contributed by atoms with Crippen molar-refractivity contribution >= 4 is 18.4 Å². The van der Waals surface area contributed by atoms with E-state index in [1.165, 1.54) is 6.20 Å². The van der Waals surface area contributed by atoms with E-state index in [0.29, 0.717) is 5.69 Å². The Morgan fingerprint density at radius 3 is 2.67 bits per heavy atom. The number of anilines is 1. The van der Waals surface area contributed by atoms with Gasteiger partial charge in [0.15, 0.2) is 5.95 Å². The first-order valence-electron chi connectivity index (χ1n) is 2.03. The summed E-state index contributed by atoms with van der Waals surface area (Å²) in [6.07, 6.45) is 1.38. The Morgan fingerprint density at radius 1 is 1.78 bits per heavy atom. The molecule has 0 bridgehead atoms. The van der Waals surface area contributed by atoms with Gasteiger partial charge >= 0.3 is 0 Å². The smallest absolute Gasteiger partial charge is 0.198 e. The molecule has 1 aromatic heterocycles. The van der Waals surface area contributed by atoms with E-state index in [2.05, 4.69) is 9.97 Å². The van der Waals surface area contributed by atoms with Crippen molar-refractivity contribution in [1.29, 1.82) is 5.26 Å². The number of aromatic nitrogens is 2. The van der Waals surface area contributed by atoms with Gasteiger partial charge in [0.05, 0.1) is 6.20 Å². The molecule has 1 aromatic rings. The Kier molecular flexibility index (Phi) is 2.55. The monoisotopic (exact) mass is 144 g/mol. The lowest BCUT2D eigenvalue weighted by molar-refractivity contribution is 1.31. The Balaban J connectivity index is 0.000000640. The molecular weight excluding hydrogens is 140 g/mol. The van der Waals surface area contributed by atoms with Crippen molar-refractivity contribution in [3.8, 4) is 6.07 Å². The summed E-state index contributed by atoms with van der Waals surface area (Å²) in [5, 5.41) is 8.17. The Bertz CT molecular complexity index is 223. The summed E-state index contributed by atoms with van der Waals surface area (Å²) < 4.78 is 0. The molecule has 1 rings (SSSR count). The summed E-state index contributed by atoms with van der Waals surface area (Å²) in [4.78, 5) is 6.12. The zero-order chi connectivity index (χ0) is 5.98. The first-order valence-corrected chi connectivity index (χ1v) is 2.03. The van der Waals surface area contributed by atoms with Crippen molar-refractivity contribution in [1.82, 2.24) is 9.97 Å². The normalized spacial score (nSPS) is 7.44. The SMILES string of the molecule is Cl.N#Cc1cnc(N)[nH]1. The number of nitrogen functional groups attached to an aromatic ring is 1. The molecule has 3 N–H and O–H groups in total. The van der Waals surface area contributed by atoms with E-state index in [0.717, 1.165) is 0 Å². The van der Waals surface area contributed by atoms with E-state index in [4.69, 9.17) is 11.0 Å². The fourth-order valence-corrected chi connectivity index (χ4v) is 0.393. The molecule has 0 aromatic carbocycles. The van der Waals surface area contributed by atoms with Crippen LogP contribution in [0.15, 0.2) is 6.20 Å². The number of rotatable bonds is 0. The Hall–Kier alpha value is -1.21. The quantitative estimate of drug-likeness (QED) is 0.549. The van der Waals surface area contributed by atoms with Crippen molar-refractivity contribution in [2.24, 2.45) is 0 Å². The molecular formula is C4H5ClN4. The lowest BCUT2D eigenvalue weighted by atomic mass is 10.6. The van der Waals surface area contributed by atoms with Crippen LogP contribution in [0.25, 0.3) is 0 Å². The highest BCUT2D eigenvalue weighted by molar-refractivity contribution is 5.85. The van der Waals surface area contributed by atoms with E-state index in [-0.39, 0.29) is 18.4 Å². The summed E-state index contributed by atoms with van der Waals surface area (Å²) >= 11 is 0. The van der Waals surface area contributed by atoms with Crippen molar-refractivity contribution in [3.05, 3.63) is 11.9 Å². The Morgan fingerprint density at radius 2 is 2.44 bits per heavy atom. The van der Waals surface area contributed by atoms with Crippen LogP contribution in [0.2, 0.25) is 0 Å². The third-order valence-corrected chi connectivity index (χ3v) is 0.716. The molecule has 0 saturated carbocycles. The van der Waals surface area contributed by atoms with Crippen molar-refractivity contribution in [2.75, 3.05) is 5.73 Å². The summed E-state index contributed by atoms with van der Waals surface area (Å²) in [6.45, 7) is 0. The van der Waals surface area contributed by atoms with Crippen LogP contribution in [-0.2, 0) is 0 Å². The molecule has 1 heterocycles. The third kappa shape index (κ3) is 1.63. The van der Waals surface area contributed by atoms with Crippen molar-refractivity contribution in [3.63, 3.8) is 0 Å². The third-order valence-electron chi connectivity index (χ3n) is 0.716. The molecule has 0 aliphatic rings. The lowest BCUT2D eigenvalue weighted by Gasteiger charge is -1.73. The molecule has 0 aliphatic carbocycles.